The van der Waals surface area contributed by atoms with Crippen LogP contribution >= 0.6 is 11.8 Å². The van der Waals surface area contributed by atoms with Gasteiger partial charge in [0.25, 0.3) is 0 Å². The largest absolute Gasteiger partial charge is 0.495 e. The molecule has 2 aromatic carbocycles. The Morgan fingerprint density at radius 1 is 1.15 bits per heavy atom. The van der Waals surface area contributed by atoms with Gasteiger partial charge in [-0.05, 0) is 35.7 Å². The third-order valence-corrected chi connectivity index (χ3v) is 4.23. The Hall–Kier alpha value is -1.92. The predicted octanol–water partition coefficient (Wildman–Crippen LogP) is 4.31. The number of thioether (sulfide) groups is 1. The summed E-state index contributed by atoms with van der Waals surface area (Å²) in [6.07, 6.45) is 0. The Bertz CT molecular complexity index is 631. The molecule has 102 valence electrons. The van der Waals surface area contributed by atoms with Gasteiger partial charge in [-0.15, -0.1) is 0 Å². The van der Waals surface area contributed by atoms with Gasteiger partial charge in [-0.2, -0.15) is 17.0 Å². The topological polar surface area (TPSA) is 33.0 Å². The number of nitriles is 1. The molecule has 2 nitrogen and oxygen atoms in total. The van der Waals surface area contributed by atoms with Crippen molar-refractivity contribution in [1.29, 1.82) is 5.26 Å². The lowest BCUT2D eigenvalue weighted by Gasteiger charge is -2.08. The van der Waals surface area contributed by atoms with Crippen LogP contribution in [0.3, 0.4) is 0 Å². The van der Waals surface area contributed by atoms with Crippen molar-refractivity contribution in [2.24, 2.45) is 0 Å². The van der Waals surface area contributed by atoms with Gasteiger partial charge in [-0.3, -0.25) is 0 Å². The summed E-state index contributed by atoms with van der Waals surface area (Å²) in [6.45, 7) is 2.14. The van der Waals surface area contributed by atoms with Gasteiger partial charge >= 0.3 is 0 Å². The molecule has 0 saturated carbocycles. The van der Waals surface area contributed by atoms with E-state index in [2.05, 4.69) is 37.3 Å². The number of hydrogen-bond donors (Lipinski definition) is 0. The normalized spacial score (nSPS) is 10.1. The zero-order valence-corrected chi connectivity index (χ0v) is 12.5. The van der Waals surface area contributed by atoms with E-state index in [9.17, 15) is 0 Å². The van der Waals surface area contributed by atoms with Crippen LogP contribution in [0.4, 0.5) is 0 Å². The first kappa shape index (κ1) is 14.5. The lowest BCUT2D eigenvalue weighted by molar-refractivity contribution is 0.413. The molecule has 0 N–H and O–H groups in total. The summed E-state index contributed by atoms with van der Waals surface area (Å²) in [5.74, 6) is 2.56. The Balaban J connectivity index is 1.98. The minimum Gasteiger partial charge on any atom is -0.495 e. The monoisotopic (exact) mass is 283 g/mol. The van der Waals surface area contributed by atoms with Gasteiger partial charge < -0.3 is 4.74 Å². The van der Waals surface area contributed by atoms with Crippen molar-refractivity contribution in [3.63, 3.8) is 0 Å². The molecule has 0 bridgehead atoms. The molecule has 0 saturated heterocycles. The van der Waals surface area contributed by atoms with Crippen LogP contribution < -0.4 is 4.74 Å². The van der Waals surface area contributed by atoms with Crippen LogP contribution in [0.15, 0.2) is 42.5 Å². The Morgan fingerprint density at radius 3 is 2.65 bits per heavy atom. The molecule has 0 fully saturated rings. The van der Waals surface area contributed by atoms with E-state index in [1.165, 1.54) is 16.7 Å². The van der Waals surface area contributed by atoms with Crippen molar-refractivity contribution in [3.05, 3.63) is 64.7 Å². The fraction of sp³-hybridized carbons (Fsp3) is 0.235. The second-order valence-corrected chi connectivity index (χ2v) is 5.55. The molecular formula is C17H17NOS. The second kappa shape index (κ2) is 7.02. The van der Waals surface area contributed by atoms with Crippen LogP contribution in [0.5, 0.6) is 5.75 Å². The van der Waals surface area contributed by atoms with E-state index in [-0.39, 0.29) is 0 Å². The number of benzene rings is 2. The minimum absolute atomic E-state index is 0.583. The smallest absolute Gasteiger partial charge is 0.136 e. The average molecular weight is 283 g/mol. The highest BCUT2D eigenvalue weighted by Gasteiger charge is 2.04. The first-order chi connectivity index (χ1) is 9.74. The molecule has 0 radical (unpaired) electrons. The van der Waals surface area contributed by atoms with Crippen LogP contribution in [0.25, 0.3) is 0 Å². The number of aryl methyl sites for hydroxylation is 1. The maximum Gasteiger partial charge on any atom is 0.136 e. The van der Waals surface area contributed by atoms with Crippen LogP contribution in [0, 0.1) is 18.3 Å². The average Bonchev–Trinajstić information content (AvgIpc) is 2.49. The fourth-order valence-electron chi connectivity index (χ4n) is 1.97. The highest BCUT2D eigenvalue weighted by atomic mass is 32.2. The lowest BCUT2D eigenvalue weighted by Crippen LogP contribution is -1.91. The molecule has 2 rings (SSSR count). The van der Waals surface area contributed by atoms with E-state index in [0.29, 0.717) is 11.3 Å². The number of rotatable bonds is 5. The molecule has 0 atom stereocenters. The zero-order valence-electron chi connectivity index (χ0n) is 11.7. The molecule has 0 aliphatic rings. The molecule has 0 unspecified atom stereocenters. The number of nitrogens with zero attached hydrogens (tertiary/aromatic N) is 1. The molecule has 0 heterocycles. The lowest BCUT2D eigenvalue weighted by atomic mass is 10.1. The van der Waals surface area contributed by atoms with E-state index in [0.717, 1.165) is 11.5 Å². The van der Waals surface area contributed by atoms with Gasteiger partial charge in [0.2, 0.25) is 0 Å². The maximum absolute atomic E-state index is 8.96. The summed E-state index contributed by atoms with van der Waals surface area (Å²) >= 11 is 1.87. The summed E-state index contributed by atoms with van der Waals surface area (Å²) < 4.78 is 5.23. The first-order valence-electron chi connectivity index (χ1n) is 6.44. The van der Waals surface area contributed by atoms with E-state index < -0.39 is 0 Å². The molecule has 0 aromatic heterocycles. The Kier molecular flexibility index (Phi) is 5.09. The van der Waals surface area contributed by atoms with Crippen molar-refractivity contribution in [1.82, 2.24) is 0 Å². The molecular weight excluding hydrogens is 266 g/mol. The van der Waals surface area contributed by atoms with Gasteiger partial charge in [0.1, 0.15) is 11.8 Å². The van der Waals surface area contributed by atoms with Crippen LogP contribution in [0.1, 0.15) is 22.3 Å². The third-order valence-electron chi connectivity index (χ3n) is 3.17. The van der Waals surface area contributed by atoms with Gasteiger partial charge in [0.05, 0.1) is 12.7 Å². The van der Waals surface area contributed by atoms with Crippen molar-refractivity contribution in [2.75, 3.05) is 7.11 Å². The van der Waals surface area contributed by atoms with Crippen molar-refractivity contribution >= 4 is 11.8 Å². The van der Waals surface area contributed by atoms with Crippen LogP contribution in [0.2, 0.25) is 0 Å². The second-order valence-electron chi connectivity index (χ2n) is 4.57. The van der Waals surface area contributed by atoms with E-state index in [4.69, 9.17) is 10.00 Å². The number of hydrogen-bond acceptors (Lipinski definition) is 3. The molecule has 0 aliphatic carbocycles. The molecule has 20 heavy (non-hydrogen) atoms. The summed E-state index contributed by atoms with van der Waals surface area (Å²) in [4.78, 5) is 0. The number of ether oxygens (including phenoxy) is 1. The van der Waals surface area contributed by atoms with Gasteiger partial charge in [0.15, 0.2) is 0 Å². The Labute approximate surface area is 124 Å². The quantitative estimate of drug-likeness (QED) is 0.819. The number of methoxy groups -OCH3 is 1. The SMILES string of the molecule is COc1cc(CSCc2ccccc2C)ccc1C#N. The predicted molar refractivity (Wildman–Crippen MR) is 83.9 cm³/mol. The summed E-state index contributed by atoms with van der Waals surface area (Å²) in [7, 11) is 1.60. The van der Waals surface area contributed by atoms with E-state index in [1.54, 1.807) is 7.11 Å². The minimum atomic E-state index is 0.583. The van der Waals surface area contributed by atoms with Crippen LogP contribution in [-0.4, -0.2) is 7.11 Å². The highest BCUT2D eigenvalue weighted by Crippen LogP contribution is 2.24. The van der Waals surface area contributed by atoms with Gasteiger partial charge in [-0.1, -0.05) is 30.3 Å². The summed E-state index contributed by atoms with van der Waals surface area (Å²) in [5.41, 5.74) is 4.47. The zero-order chi connectivity index (χ0) is 14.4. The van der Waals surface area contributed by atoms with Crippen LogP contribution in [-0.2, 0) is 11.5 Å². The van der Waals surface area contributed by atoms with E-state index in [1.807, 2.05) is 30.0 Å². The van der Waals surface area contributed by atoms with E-state index >= 15 is 0 Å². The molecule has 0 amide bonds. The summed E-state index contributed by atoms with van der Waals surface area (Å²) in [6, 6.07) is 16.3. The molecule has 0 spiro atoms. The molecule has 3 heteroatoms. The van der Waals surface area contributed by atoms with Gasteiger partial charge in [-0.25, -0.2) is 0 Å². The Morgan fingerprint density at radius 2 is 1.95 bits per heavy atom. The summed E-state index contributed by atoms with van der Waals surface area (Å²) in [5, 5.41) is 8.96. The standard InChI is InChI=1S/C17H17NOS/c1-13-5-3-4-6-16(13)12-20-11-14-7-8-15(10-18)17(9-14)19-2/h3-9H,11-12H2,1-2H3. The highest BCUT2D eigenvalue weighted by molar-refractivity contribution is 7.97. The van der Waals surface area contributed by atoms with Crippen molar-refractivity contribution < 1.29 is 4.74 Å². The molecule has 0 aliphatic heterocycles. The van der Waals surface area contributed by atoms with Gasteiger partial charge in [0, 0.05) is 11.5 Å². The third kappa shape index (κ3) is 3.55. The van der Waals surface area contributed by atoms with Crippen molar-refractivity contribution in [3.8, 4) is 11.8 Å². The van der Waals surface area contributed by atoms with Crippen molar-refractivity contribution in [2.45, 2.75) is 18.4 Å². The molecule has 2 aromatic rings. The fourth-order valence-corrected chi connectivity index (χ4v) is 3.03. The maximum atomic E-state index is 8.96. The first-order valence-corrected chi connectivity index (χ1v) is 7.59.